The third-order valence-electron chi connectivity index (χ3n) is 18.9. The van der Waals surface area contributed by atoms with Gasteiger partial charge in [0.1, 0.15) is 42.1 Å². The van der Waals surface area contributed by atoms with Crippen molar-refractivity contribution in [1.29, 1.82) is 0 Å². The summed E-state index contributed by atoms with van der Waals surface area (Å²) in [5, 5.41) is 4.02. The van der Waals surface area contributed by atoms with Crippen LogP contribution < -0.4 is 19.9 Å². The number of carbonyl (C=O) groups is 4. The number of aromatic nitrogens is 3. The van der Waals surface area contributed by atoms with E-state index in [2.05, 4.69) is 32.0 Å². The average molecular weight is 1110 g/mol. The van der Waals surface area contributed by atoms with Gasteiger partial charge < -0.3 is 38.5 Å². The van der Waals surface area contributed by atoms with Crippen molar-refractivity contribution in [1.82, 2.24) is 35.0 Å². The van der Waals surface area contributed by atoms with Crippen LogP contribution in [0.25, 0.3) is 32.9 Å². The second-order valence-electron chi connectivity index (χ2n) is 23.6. The number of rotatable bonds is 10. The molecule has 0 radical (unpaired) electrons. The minimum absolute atomic E-state index is 0. The minimum Gasteiger partial charge on any atom is -0.461 e. The predicted molar refractivity (Wildman–Crippen MR) is 303 cm³/mol. The number of fused-ring (bicyclic) bond motifs is 5. The first-order valence-electron chi connectivity index (χ1n) is 28.4. The normalized spacial score (nSPS) is 25.2. The number of anilines is 2. The van der Waals surface area contributed by atoms with E-state index in [-0.39, 0.29) is 112 Å². The van der Waals surface area contributed by atoms with Gasteiger partial charge in [0.15, 0.2) is 5.82 Å². The van der Waals surface area contributed by atoms with Gasteiger partial charge in [-0.3, -0.25) is 24.6 Å². The molecule has 17 nitrogen and oxygen atoms in total. The molecule has 1 aliphatic carbocycles. The fourth-order valence-electron chi connectivity index (χ4n) is 14.8. The van der Waals surface area contributed by atoms with Crippen LogP contribution in [-0.4, -0.2) is 155 Å². The summed E-state index contributed by atoms with van der Waals surface area (Å²) in [6.45, 7) is 6.58. The van der Waals surface area contributed by atoms with Gasteiger partial charge in [-0.2, -0.15) is 9.97 Å². The minimum atomic E-state index is -0.649. The number of nitrogens with one attached hydrogen (secondary N) is 1. The highest BCUT2D eigenvalue weighted by Crippen LogP contribution is 2.52. The Morgan fingerprint density at radius 3 is 2.53 bits per heavy atom. The molecule has 6 saturated heterocycles. The summed E-state index contributed by atoms with van der Waals surface area (Å²) in [4.78, 5) is 76.3. The molecule has 4 atom stereocenters. The molecule has 2 aromatic heterocycles. The summed E-state index contributed by atoms with van der Waals surface area (Å²) < 4.78 is 58.0. The summed E-state index contributed by atoms with van der Waals surface area (Å²) >= 11 is 0. The van der Waals surface area contributed by atoms with Crippen molar-refractivity contribution in [2.45, 2.75) is 141 Å². The average Bonchev–Trinajstić information content (AvgIpc) is 3.60. The number of piperidine rings is 2. The van der Waals surface area contributed by atoms with E-state index in [1.165, 1.54) is 6.07 Å². The third kappa shape index (κ3) is 9.48. The lowest BCUT2D eigenvalue weighted by atomic mass is 9.61. The van der Waals surface area contributed by atoms with E-state index >= 15 is 8.78 Å². The largest absolute Gasteiger partial charge is 0.461 e. The zero-order valence-electron chi connectivity index (χ0n) is 44.2. The van der Waals surface area contributed by atoms with Crippen LogP contribution in [0.5, 0.6) is 6.01 Å². The molecular formula is C62H73F2N9O8. The molecule has 1 spiro atoms. The number of hydrogen-bond acceptors (Lipinski definition) is 14. The van der Waals surface area contributed by atoms with E-state index < -0.39 is 23.6 Å². The lowest BCUT2D eigenvalue weighted by Crippen LogP contribution is -2.64. The summed E-state index contributed by atoms with van der Waals surface area (Å²) in [6.07, 6.45) is 15.5. The highest BCUT2D eigenvalue weighted by atomic mass is 19.1. The quantitative estimate of drug-likeness (QED) is 0.104. The molecule has 5 aromatic rings. The first kappa shape index (κ1) is 54.6. The third-order valence-corrected chi connectivity index (χ3v) is 18.9. The fourth-order valence-corrected chi connectivity index (χ4v) is 14.8. The first-order valence-corrected chi connectivity index (χ1v) is 28.4. The van der Waals surface area contributed by atoms with Gasteiger partial charge in [0.25, 0.3) is 5.91 Å². The van der Waals surface area contributed by atoms with Crippen LogP contribution in [0.15, 0.2) is 48.5 Å². The van der Waals surface area contributed by atoms with Crippen molar-refractivity contribution in [3.05, 3.63) is 82.5 Å². The van der Waals surface area contributed by atoms with Crippen LogP contribution >= 0.6 is 0 Å². The lowest BCUT2D eigenvalue weighted by molar-refractivity contribution is -0.137. The number of likely N-dealkylation sites (tertiary alicyclic amines) is 1. The standard InChI is InChI=1S/C60H63F2N9O8.2CH4.H2/c1-2-42-45(61)12-8-35-6-3-7-44(49(35)42)52-51(62)53-50-46(63-52)13-10-38-30-76-25-5-21-69(38)54(50)66-57(65-53)78-34-60-19-4-22-71(60)39(16-20-60)31-77-58(75)67-23-17-40(18-24-67)79-41-27-59(28-41)32-68(33-59)37-9-11-43-36(26-37)29-70(56(43)74)47-14-15-48(72)64-55(47)73;;;/h1,3,6-9,11-12,26,38-41,47H,4-5,10,13-25,27-34H2,(H,64,72,73);2*1H4;1H/t38-,39-,47?,60-;;;/m0.../s1. The molecular weight excluding hydrogens is 1040 g/mol. The molecule has 81 heavy (non-hydrogen) atoms. The van der Waals surface area contributed by atoms with Gasteiger partial charge in [0, 0.05) is 87.4 Å². The molecule has 3 aromatic carbocycles. The summed E-state index contributed by atoms with van der Waals surface area (Å²) in [6, 6.07) is 13.7. The highest BCUT2D eigenvalue weighted by Gasteiger charge is 2.54. The molecule has 1 saturated carbocycles. The Labute approximate surface area is 472 Å². The van der Waals surface area contributed by atoms with Crippen LogP contribution in [-0.2, 0) is 36.8 Å². The number of nitrogens with zero attached hydrogens (tertiary/aromatic N) is 8. The maximum Gasteiger partial charge on any atom is 0.409 e. The van der Waals surface area contributed by atoms with E-state index in [9.17, 15) is 19.2 Å². The molecule has 14 rings (SSSR count). The number of terminal acetylenes is 1. The van der Waals surface area contributed by atoms with Crippen molar-refractivity contribution < 1.29 is 48.3 Å². The Morgan fingerprint density at radius 2 is 1.72 bits per heavy atom. The van der Waals surface area contributed by atoms with Gasteiger partial charge >= 0.3 is 12.1 Å². The SMILES string of the molecule is C.C.C#Cc1c(F)ccc2cccc(-c3nc4c5c(nc(OC[C@@]67CCCN6[C@H](COC(=O)N6CCC(OC8CC9(C8)CN(c8ccc%10c(c8)CN(C8CCC(=O)NC8=O)C%10=O)C9)CC6)CC7)nc5c3F)N3CCCOC[C@@H]3CC4)c12.[HH]. The van der Waals surface area contributed by atoms with Crippen molar-refractivity contribution in [3.8, 4) is 29.6 Å². The molecule has 10 heterocycles. The van der Waals surface area contributed by atoms with E-state index in [1.807, 2.05) is 18.2 Å². The van der Waals surface area contributed by atoms with Gasteiger partial charge in [0.2, 0.25) is 11.8 Å². The summed E-state index contributed by atoms with van der Waals surface area (Å²) in [5.74, 6) is 1.00. The van der Waals surface area contributed by atoms with E-state index in [1.54, 1.807) is 28.0 Å². The Balaban J connectivity index is 0.00000235. The van der Waals surface area contributed by atoms with Gasteiger partial charge in [0.05, 0.1) is 47.0 Å². The molecule has 0 bridgehead atoms. The Kier molecular flexibility index (Phi) is 14.4. The maximum atomic E-state index is 17.4. The zero-order chi connectivity index (χ0) is 53.7. The highest BCUT2D eigenvalue weighted by molar-refractivity contribution is 6.06. The number of hydrogen-bond donors (Lipinski definition) is 1. The van der Waals surface area contributed by atoms with Crippen molar-refractivity contribution >= 4 is 57.0 Å². The molecule has 4 amide bonds. The van der Waals surface area contributed by atoms with E-state index in [4.69, 9.17) is 40.3 Å². The molecule has 1 N–H and O–H groups in total. The number of imide groups is 1. The molecule has 1 unspecified atom stereocenters. The van der Waals surface area contributed by atoms with Crippen molar-refractivity contribution in [2.24, 2.45) is 5.41 Å². The molecule has 428 valence electrons. The molecule has 19 heteroatoms. The summed E-state index contributed by atoms with van der Waals surface area (Å²) in [5.41, 5.74) is 3.76. The number of pyridine rings is 1. The Bertz CT molecular complexity index is 3400. The van der Waals surface area contributed by atoms with Crippen molar-refractivity contribution in [3.63, 3.8) is 0 Å². The van der Waals surface area contributed by atoms with Gasteiger partial charge in [-0.25, -0.2) is 18.6 Å². The number of carbonyl (C=O) groups excluding carboxylic acids is 4. The lowest BCUT2D eigenvalue weighted by Gasteiger charge is -2.60. The number of ether oxygens (including phenoxy) is 4. The fraction of sp³-hybridized carbons (Fsp3) is 0.532. The molecule has 9 aliphatic rings. The number of benzene rings is 3. The molecule has 7 fully saturated rings. The topological polar surface area (TPSA) is 172 Å². The number of aryl methyl sites for hydroxylation is 1. The van der Waals surface area contributed by atoms with Gasteiger partial charge in [-0.05, 0) is 119 Å². The van der Waals surface area contributed by atoms with Crippen LogP contribution in [0.1, 0.15) is 121 Å². The van der Waals surface area contributed by atoms with Crippen LogP contribution in [0.3, 0.4) is 0 Å². The summed E-state index contributed by atoms with van der Waals surface area (Å²) in [7, 11) is 0. The van der Waals surface area contributed by atoms with Crippen molar-refractivity contribution in [2.75, 3.05) is 75.5 Å². The predicted octanol–water partition coefficient (Wildman–Crippen LogP) is 8.59. The zero-order valence-corrected chi connectivity index (χ0v) is 44.2. The second-order valence-corrected chi connectivity index (χ2v) is 23.6. The number of halogens is 2. The van der Waals surface area contributed by atoms with Crippen LogP contribution in [0.4, 0.5) is 25.1 Å². The van der Waals surface area contributed by atoms with Crippen LogP contribution in [0, 0.1) is 29.4 Å². The van der Waals surface area contributed by atoms with E-state index in [0.29, 0.717) is 97.5 Å². The monoisotopic (exact) mass is 1110 g/mol. The first-order chi connectivity index (χ1) is 38.4. The number of amides is 4. The van der Waals surface area contributed by atoms with Gasteiger partial charge in [-0.15, -0.1) is 6.42 Å². The van der Waals surface area contributed by atoms with Gasteiger partial charge in [-0.1, -0.05) is 45.0 Å². The second kappa shape index (κ2) is 21.4. The van der Waals surface area contributed by atoms with Crippen LogP contribution in [0.2, 0.25) is 0 Å². The Hall–Kier alpha value is -7.01. The maximum absolute atomic E-state index is 17.4. The molecule has 8 aliphatic heterocycles. The smallest absolute Gasteiger partial charge is 0.409 e. The Morgan fingerprint density at radius 1 is 0.877 bits per heavy atom. The van der Waals surface area contributed by atoms with E-state index in [0.717, 1.165) is 88.7 Å².